The van der Waals surface area contributed by atoms with Gasteiger partial charge >= 0.3 is 0 Å². The van der Waals surface area contributed by atoms with Crippen LogP contribution in [0, 0.1) is 11.7 Å². The summed E-state index contributed by atoms with van der Waals surface area (Å²) in [4.78, 5) is 15.3. The van der Waals surface area contributed by atoms with Crippen LogP contribution in [0.1, 0.15) is 12.8 Å². The Morgan fingerprint density at radius 2 is 2.08 bits per heavy atom. The van der Waals surface area contributed by atoms with Gasteiger partial charge < -0.3 is 29.7 Å². The number of aliphatic hydroxyl groups excluding tert-OH is 1. The van der Waals surface area contributed by atoms with Gasteiger partial charge in [-0.15, -0.1) is 0 Å². The fourth-order valence-corrected chi connectivity index (χ4v) is 3.38. The highest BCUT2D eigenvalue weighted by Gasteiger charge is 2.34. The van der Waals surface area contributed by atoms with Crippen molar-refractivity contribution in [2.24, 2.45) is 5.92 Å². The Morgan fingerprint density at radius 1 is 1.31 bits per heavy atom. The van der Waals surface area contributed by atoms with Gasteiger partial charge in [0.05, 0.1) is 31.5 Å². The first-order chi connectivity index (χ1) is 12.6. The van der Waals surface area contributed by atoms with E-state index in [2.05, 4.69) is 5.32 Å². The second-order valence-corrected chi connectivity index (χ2v) is 6.99. The lowest BCUT2D eigenvalue weighted by Crippen LogP contribution is -2.37. The van der Waals surface area contributed by atoms with Gasteiger partial charge in [-0.3, -0.25) is 4.79 Å². The first-order valence-corrected chi connectivity index (χ1v) is 9.12. The van der Waals surface area contributed by atoms with Crippen molar-refractivity contribution in [1.29, 1.82) is 0 Å². The lowest BCUT2D eigenvalue weighted by molar-refractivity contribution is -0.124. The maximum atomic E-state index is 14.6. The van der Waals surface area contributed by atoms with Crippen LogP contribution in [-0.4, -0.2) is 62.9 Å². The van der Waals surface area contributed by atoms with Crippen molar-refractivity contribution < 1.29 is 23.8 Å². The van der Waals surface area contributed by atoms with E-state index in [1.807, 2.05) is 4.90 Å². The Morgan fingerprint density at radius 3 is 2.77 bits per heavy atom. The van der Waals surface area contributed by atoms with Crippen molar-refractivity contribution in [1.82, 2.24) is 5.32 Å². The predicted octanol–water partition coefficient (Wildman–Crippen LogP) is 0.670. The summed E-state index contributed by atoms with van der Waals surface area (Å²) in [5, 5.41) is 13.0. The number of ether oxygens (including phenoxy) is 2. The number of aliphatic hydroxyl groups is 1. The van der Waals surface area contributed by atoms with Crippen LogP contribution in [0.2, 0.25) is 0 Å². The molecule has 26 heavy (non-hydrogen) atoms. The molecule has 8 heteroatoms. The van der Waals surface area contributed by atoms with Crippen LogP contribution in [0.25, 0.3) is 0 Å². The maximum absolute atomic E-state index is 14.6. The Labute approximate surface area is 151 Å². The third-order valence-corrected chi connectivity index (χ3v) is 5.05. The van der Waals surface area contributed by atoms with Crippen molar-refractivity contribution in [3.05, 3.63) is 24.0 Å². The molecule has 0 bridgehead atoms. The number of halogens is 1. The van der Waals surface area contributed by atoms with E-state index in [1.54, 1.807) is 17.0 Å². The minimum Gasteiger partial charge on any atom is -0.378 e. The van der Waals surface area contributed by atoms with Gasteiger partial charge in [0.25, 0.3) is 0 Å². The highest BCUT2D eigenvalue weighted by molar-refractivity contribution is 5.80. The smallest absolute Gasteiger partial charge is 0.238 e. The van der Waals surface area contributed by atoms with E-state index < -0.39 is 6.41 Å². The summed E-state index contributed by atoms with van der Waals surface area (Å²) in [5.41, 5.74) is 1.10. The number of benzene rings is 1. The summed E-state index contributed by atoms with van der Waals surface area (Å²) in [5.74, 6) is -0.149. The molecule has 2 N–H and O–H groups in total. The molecule has 1 aromatic carbocycles. The highest BCUT2D eigenvalue weighted by Crippen LogP contribution is 2.30. The molecule has 1 aromatic rings. The molecule has 1 amide bonds. The van der Waals surface area contributed by atoms with Gasteiger partial charge in [0.1, 0.15) is 5.82 Å². The van der Waals surface area contributed by atoms with Crippen molar-refractivity contribution in [3.8, 4) is 0 Å². The number of amides is 1. The Bertz CT molecular complexity index is 664. The van der Waals surface area contributed by atoms with Crippen LogP contribution >= 0.6 is 0 Å². The minimum absolute atomic E-state index is 0.0439. The Kier molecular flexibility index (Phi) is 4.97. The SMILES string of the molecule is O=C(NCC1CN(c2ccc(N3CCOCC3)c(F)c2)C(O)O1)C1CC1. The van der Waals surface area contributed by atoms with Crippen LogP contribution in [-0.2, 0) is 14.3 Å². The fourth-order valence-electron chi connectivity index (χ4n) is 3.38. The minimum atomic E-state index is -1.15. The van der Waals surface area contributed by atoms with Gasteiger partial charge in [-0.1, -0.05) is 0 Å². The molecule has 2 unspecified atom stereocenters. The van der Waals surface area contributed by atoms with Crippen molar-refractivity contribution >= 4 is 17.3 Å². The number of morpholine rings is 1. The summed E-state index contributed by atoms with van der Waals surface area (Å²) in [6.45, 7) is 3.24. The molecular formula is C18H24FN3O4. The highest BCUT2D eigenvalue weighted by atomic mass is 19.1. The van der Waals surface area contributed by atoms with Crippen LogP contribution in [0.5, 0.6) is 0 Å². The van der Waals surface area contributed by atoms with E-state index in [4.69, 9.17) is 9.47 Å². The zero-order chi connectivity index (χ0) is 18.1. The van der Waals surface area contributed by atoms with E-state index in [0.717, 1.165) is 12.8 Å². The monoisotopic (exact) mass is 365 g/mol. The normalized spacial score (nSPS) is 26.2. The van der Waals surface area contributed by atoms with Gasteiger partial charge in [-0.2, -0.15) is 0 Å². The number of hydrogen-bond donors (Lipinski definition) is 2. The van der Waals surface area contributed by atoms with E-state index in [9.17, 15) is 14.3 Å². The van der Waals surface area contributed by atoms with Crippen LogP contribution in [0.3, 0.4) is 0 Å². The topological polar surface area (TPSA) is 74.3 Å². The number of hydrogen-bond acceptors (Lipinski definition) is 6. The number of carbonyl (C=O) groups excluding carboxylic acids is 1. The predicted molar refractivity (Wildman–Crippen MR) is 93.4 cm³/mol. The van der Waals surface area contributed by atoms with Gasteiger partial charge in [0.2, 0.25) is 12.3 Å². The average Bonchev–Trinajstić information content (AvgIpc) is 3.43. The average molecular weight is 365 g/mol. The number of nitrogens with one attached hydrogen (secondary N) is 1. The molecule has 2 saturated heterocycles. The first-order valence-electron chi connectivity index (χ1n) is 9.12. The van der Waals surface area contributed by atoms with E-state index in [1.165, 1.54) is 6.07 Å². The summed E-state index contributed by atoms with van der Waals surface area (Å²) < 4.78 is 25.4. The fraction of sp³-hybridized carbons (Fsp3) is 0.611. The molecule has 0 aromatic heterocycles. The summed E-state index contributed by atoms with van der Waals surface area (Å²) in [6, 6.07) is 4.93. The van der Waals surface area contributed by atoms with Crippen molar-refractivity contribution in [2.45, 2.75) is 25.4 Å². The molecule has 3 fully saturated rings. The molecule has 1 saturated carbocycles. The van der Waals surface area contributed by atoms with E-state index in [-0.39, 0.29) is 23.7 Å². The molecule has 2 atom stereocenters. The number of carbonyl (C=O) groups is 1. The number of rotatable bonds is 5. The maximum Gasteiger partial charge on any atom is 0.238 e. The van der Waals surface area contributed by atoms with Crippen molar-refractivity contribution in [3.63, 3.8) is 0 Å². The van der Waals surface area contributed by atoms with Crippen LogP contribution in [0.15, 0.2) is 18.2 Å². The zero-order valence-electron chi connectivity index (χ0n) is 14.6. The second-order valence-electron chi connectivity index (χ2n) is 6.99. The molecule has 7 nitrogen and oxygen atoms in total. The molecule has 2 heterocycles. The Balaban J connectivity index is 1.38. The molecule has 0 radical (unpaired) electrons. The largest absolute Gasteiger partial charge is 0.378 e. The molecule has 142 valence electrons. The molecule has 4 rings (SSSR count). The number of anilines is 2. The first kappa shape index (κ1) is 17.5. The van der Waals surface area contributed by atoms with Crippen molar-refractivity contribution in [2.75, 3.05) is 49.2 Å². The van der Waals surface area contributed by atoms with E-state index >= 15 is 0 Å². The Hall–Kier alpha value is -1.90. The molecule has 0 spiro atoms. The quantitative estimate of drug-likeness (QED) is 0.799. The van der Waals surface area contributed by atoms with E-state index in [0.29, 0.717) is 50.8 Å². The lowest BCUT2D eigenvalue weighted by Gasteiger charge is -2.30. The summed E-state index contributed by atoms with van der Waals surface area (Å²) >= 11 is 0. The van der Waals surface area contributed by atoms with Gasteiger partial charge in [-0.25, -0.2) is 4.39 Å². The van der Waals surface area contributed by atoms with Gasteiger partial charge in [0.15, 0.2) is 0 Å². The summed E-state index contributed by atoms with van der Waals surface area (Å²) in [6.07, 6.45) is 0.419. The number of nitrogens with zero attached hydrogens (tertiary/aromatic N) is 2. The van der Waals surface area contributed by atoms with Gasteiger partial charge in [0, 0.05) is 31.2 Å². The van der Waals surface area contributed by atoms with Crippen LogP contribution < -0.4 is 15.1 Å². The zero-order valence-corrected chi connectivity index (χ0v) is 14.6. The molecule has 2 aliphatic heterocycles. The van der Waals surface area contributed by atoms with Crippen LogP contribution in [0.4, 0.5) is 15.8 Å². The third-order valence-electron chi connectivity index (χ3n) is 5.05. The molecule has 1 aliphatic carbocycles. The summed E-state index contributed by atoms with van der Waals surface area (Å²) in [7, 11) is 0. The third kappa shape index (κ3) is 3.77. The second kappa shape index (κ2) is 7.38. The lowest BCUT2D eigenvalue weighted by atomic mass is 10.2. The molecular weight excluding hydrogens is 341 g/mol. The standard InChI is InChI=1S/C18H24FN3O4/c19-15-9-13(3-4-16(15)21-5-7-25-8-6-21)22-11-14(26-18(22)24)10-20-17(23)12-1-2-12/h3-4,9,12,14,18,24H,1-2,5-8,10-11H2,(H,20,23). The molecule has 3 aliphatic rings. The van der Waals surface area contributed by atoms with Gasteiger partial charge in [-0.05, 0) is 31.0 Å².